The first-order valence-corrected chi connectivity index (χ1v) is 11.6. The van der Waals surface area contributed by atoms with Crippen LogP contribution in [0.25, 0.3) is 22.1 Å². The molecule has 0 aliphatic carbocycles. The Balaban J connectivity index is 1.51. The van der Waals surface area contributed by atoms with E-state index in [1.165, 1.54) is 5.69 Å². The molecule has 0 radical (unpaired) electrons. The summed E-state index contributed by atoms with van der Waals surface area (Å²) in [6.07, 6.45) is 0. The van der Waals surface area contributed by atoms with E-state index in [-0.39, 0.29) is 5.75 Å². The van der Waals surface area contributed by atoms with E-state index in [0.717, 1.165) is 59.6 Å². The standard InChI is InChI=1S/C28H31N3O2/c1-28(2,29)27-22(32)13-14-23-26(27)25(20-9-5-3-6-10-20)24(33-23)19-30-15-17-31(18-16-30)21-11-7-4-8-12-21/h3-14,32H,15-19,29H2,1-2H3. The number of benzene rings is 3. The summed E-state index contributed by atoms with van der Waals surface area (Å²) in [6, 6.07) is 24.4. The normalized spacial score (nSPS) is 15.3. The smallest absolute Gasteiger partial charge is 0.135 e. The minimum absolute atomic E-state index is 0.205. The second kappa shape index (κ2) is 8.58. The number of nitrogens with two attached hydrogens (primary N) is 1. The van der Waals surface area contributed by atoms with E-state index in [9.17, 15) is 5.11 Å². The highest BCUT2D eigenvalue weighted by Crippen LogP contribution is 2.43. The molecule has 5 rings (SSSR count). The fourth-order valence-electron chi connectivity index (χ4n) is 4.91. The van der Waals surface area contributed by atoms with Crippen LogP contribution in [0.4, 0.5) is 5.69 Å². The highest BCUT2D eigenvalue weighted by Gasteiger charge is 2.29. The molecule has 1 aliphatic rings. The third-order valence-electron chi connectivity index (χ3n) is 6.47. The van der Waals surface area contributed by atoms with E-state index in [2.05, 4.69) is 52.3 Å². The lowest BCUT2D eigenvalue weighted by Gasteiger charge is -2.35. The van der Waals surface area contributed by atoms with Crippen molar-refractivity contribution in [2.24, 2.45) is 5.73 Å². The number of para-hydroxylation sites is 1. The van der Waals surface area contributed by atoms with Crippen LogP contribution in [0, 0.1) is 0 Å². The Bertz CT molecular complexity index is 1240. The van der Waals surface area contributed by atoms with Gasteiger partial charge in [-0.25, -0.2) is 0 Å². The number of phenols is 1. The molecule has 0 atom stereocenters. The van der Waals surface area contributed by atoms with E-state index >= 15 is 0 Å². The minimum Gasteiger partial charge on any atom is -0.508 e. The molecule has 0 amide bonds. The summed E-state index contributed by atoms with van der Waals surface area (Å²) in [5, 5.41) is 11.7. The van der Waals surface area contributed by atoms with Gasteiger partial charge in [0.15, 0.2) is 0 Å². The van der Waals surface area contributed by atoms with Crippen molar-refractivity contribution in [1.29, 1.82) is 0 Å². The van der Waals surface area contributed by atoms with Crippen molar-refractivity contribution in [3.63, 3.8) is 0 Å². The third-order valence-corrected chi connectivity index (χ3v) is 6.47. The zero-order valence-electron chi connectivity index (χ0n) is 19.3. The Morgan fingerprint density at radius 3 is 2.15 bits per heavy atom. The number of anilines is 1. The van der Waals surface area contributed by atoms with E-state index in [1.807, 2.05) is 38.1 Å². The van der Waals surface area contributed by atoms with Crippen molar-refractivity contribution in [2.75, 3.05) is 31.1 Å². The Morgan fingerprint density at radius 2 is 1.52 bits per heavy atom. The summed E-state index contributed by atoms with van der Waals surface area (Å²) in [4.78, 5) is 4.87. The van der Waals surface area contributed by atoms with Gasteiger partial charge in [-0.15, -0.1) is 0 Å². The van der Waals surface area contributed by atoms with Crippen molar-refractivity contribution >= 4 is 16.7 Å². The number of piperazine rings is 1. The van der Waals surface area contributed by atoms with Crippen LogP contribution in [-0.2, 0) is 12.1 Å². The second-order valence-electron chi connectivity index (χ2n) is 9.42. The van der Waals surface area contributed by atoms with Crippen LogP contribution in [0.2, 0.25) is 0 Å². The lowest BCUT2D eigenvalue weighted by Crippen LogP contribution is -2.45. The number of nitrogens with zero attached hydrogens (tertiary/aromatic N) is 2. The summed E-state index contributed by atoms with van der Waals surface area (Å²) >= 11 is 0. The van der Waals surface area contributed by atoms with E-state index in [4.69, 9.17) is 10.2 Å². The highest BCUT2D eigenvalue weighted by atomic mass is 16.3. The number of hydrogen-bond donors (Lipinski definition) is 2. The molecule has 0 unspecified atom stereocenters. The van der Waals surface area contributed by atoms with Crippen LogP contribution >= 0.6 is 0 Å². The van der Waals surface area contributed by atoms with Gasteiger partial charge in [-0.05, 0) is 43.7 Å². The van der Waals surface area contributed by atoms with Gasteiger partial charge in [-0.3, -0.25) is 4.90 Å². The molecule has 0 saturated carbocycles. The second-order valence-corrected chi connectivity index (χ2v) is 9.42. The Labute approximate surface area is 195 Å². The van der Waals surface area contributed by atoms with Crippen molar-refractivity contribution in [2.45, 2.75) is 25.9 Å². The topological polar surface area (TPSA) is 65.9 Å². The molecule has 170 valence electrons. The average molecular weight is 442 g/mol. The summed E-state index contributed by atoms with van der Waals surface area (Å²) in [7, 11) is 0. The number of rotatable bonds is 5. The first-order chi connectivity index (χ1) is 15.9. The van der Waals surface area contributed by atoms with E-state index in [1.54, 1.807) is 6.07 Å². The minimum atomic E-state index is -0.713. The predicted octanol–water partition coefficient (Wildman–Crippen LogP) is 5.32. The molecule has 4 aromatic rings. The summed E-state index contributed by atoms with van der Waals surface area (Å²) < 4.78 is 6.44. The van der Waals surface area contributed by atoms with Crippen LogP contribution < -0.4 is 10.6 Å². The van der Waals surface area contributed by atoms with E-state index in [0.29, 0.717) is 6.54 Å². The molecule has 0 spiro atoms. The number of aromatic hydroxyl groups is 1. The molecule has 5 nitrogen and oxygen atoms in total. The van der Waals surface area contributed by atoms with Crippen LogP contribution in [-0.4, -0.2) is 36.2 Å². The van der Waals surface area contributed by atoms with Gasteiger partial charge in [0.05, 0.1) is 6.54 Å². The molecule has 3 N–H and O–H groups in total. The Kier molecular flexibility index (Phi) is 5.60. The fourth-order valence-corrected chi connectivity index (χ4v) is 4.91. The maximum atomic E-state index is 10.7. The molecule has 3 aromatic carbocycles. The lowest BCUT2D eigenvalue weighted by molar-refractivity contribution is 0.233. The van der Waals surface area contributed by atoms with Crippen molar-refractivity contribution in [1.82, 2.24) is 4.90 Å². The molecule has 1 aromatic heterocycles. The predicted molar refractivity (Wildman–Crippen MR) is 134 cm³/mol. The first-order valence-electron chi connectivity index (χ1n) is 11.6. The zero-order chi connectivity index (χ0) is 23.0. The number of phenolic OH excluding ortho intramolecular Hbond substituents is 1. The third kappa shape index (κ3) is 4.22. The summed E-state index contributed by atoms with van der Waals surface area (Å²) in [5.41, 5.74) is 10.7. The van der Waals surface area contributed by atoms with Crippen LogP contribution in [0.3, 0.4) is 0 Å². The lowest BCUT2D eigenvalue weighted by atomic mass is 9.88. The van der Waals surface area contributed by atoms with Crippen LogP contribution in [0.15, 0.2) is 77.2 Å². The largest absolute Gasteiger partial charge is 0.508 e. The molecule has 2 heterocycles. The number of furan rings is 1. The van der Waals surface area contributed by atoms with Crippen molar-refractivity contribution < 1.29 is 9.52 Å². The molecule has 33 heavy (non-hydrogen) atoms. The van der Waals surface area contributed by atoms with Gasteiger partial charge in [0, 0.05) is 53.9 Å². The molecule has 0 bridgehead atoms. The maximum absolute atomic E-state index is 10.7. The maximum Gasteiger partial charge on any atom is 0.135 e. The monoisotopic (exact) mass is 441 g/mol. The van der Waals surface area contributed by atoms with Crippen LogP contribution in [0.5, 0.6) is 5.75 Å². The summed E-state index contributed by atoms with van der Waals surface area (Å²) in [5.74, 6) is 1.12. The van der Waals surface area contributed by atoms with Gasteiger partial charge in [0.1, 0.15) is 17.1 Å². The summed E-state index contributed by atoms with van der Waals surface area (Å²) in [6.45, 7) is 8.44. The molecule has 1 aliphatic heterocycles. The fraction of sp³-hybridized carbons (Fsp3) is 0.286. The molecule has 1 saturated heterocycles. The average Bonchev–Trinajstić information content (AvgIpc) is 3.17. The van der Waals surface area contributed by atoms with Gasteiger partial charge >= 0.3 is 0 Å². The van der Waals surface area contributed by atoms with Gasteiger partial charge in [0.2, 0.25) is 0 Å². The van der Waals surface area contributed by atoms with Crippen LogP contribution in [0.1, 0.15) is 25.2 Å². The van der Waals surface area contributed by atoms with Gasteiger partial charge in [-0.2, -0.15) is 0 Å². The SMILES string of the molecule is CC(C)(N)c1c(O)ccc2oc(CN3CCN(c4ccccc4)CC3)c(-c3ccccc3)c12. The van der Waals surface area contributed by atoms with Crippen molar-refractivity contribution in [3.05, 3.63) is 84.1 Å². The quantitative estimate of drug-likeness (QED) is 0.439. The van der Waals surface area contributed by atoms with Crippen molar-refractivity contribution in [3.8, 4) is 16.9 Å². The zero-order valence-corrected chi connectivity index (χ0v) is 19.3. The molecular formula is C28H31N3O2. The number of hydrogen-bond acceptors (Lipinski definition) is 5. The number of fused-ring (bicyclic) bond motifs is 1. The molecule has 1 fully saturated rings. The Hall–Kier alpha value is -3.28. The van der Waals surface area contributed by atoms with Gasteiger partial charge in [0.25, 0.3) is 0 Å². The molecule has 5 heteroatoms. The van der Waals surface area contributed by atoms with Gasteiger partial charge in [-0.1, -0.05) is 48.5 Å². The van der Waals surface area contributed by atoms with E-state index < -0.39 is 5.54 Å². The van der Waals surface area contributed by atoms with Gasteiger partial charge < -0.3 is 20.2 Å². The Morgan fingerprint density at radius 1 is 0.879 bits per heavy atom. The first kappa shape index (κ1) is 21.6. The molecular weight excluding hydrogens is 410 g/mol. The highest BCUT2D eigenvalue weighted by molar-refractivity contribution is 6.00.